The summed E-state index contributed by atoms with van der Waals surface area (Å²) in [6.45, 7) is 0. The predicted octanol–water partition coefficient (Wildman–Crippen LogP) is 2.21. The molecule has 1 heterocycles. The Balaban J connectivity index is 2.35. The zero-order valence-electron chi connectivity index (χ0n) is 8.35. The molecule has 2 N–H and O–H groups in total. The lowest BCUT2D eigenvalue weighted by Crippen LogP contribution is -2.41. The van der Waals surface area contributed by atoms with Gasteiger partial charge in [-0.1, -0.05) is 18.9 Å². The van der Waals surface area contributed by atoms with Gasteiger partial charge >= 0.3 is 5.97 Å². The molecule has 0 amide bonds. The Kier molecular flexibility index (Phi) is 2.80. The zero-order valence-corrected chi connectivity index (χ0v) is 9.17. The van der Waals surface area contributed by atoms with Crippen molar-refractivity contribution in [1.29, 1.82) is 0 Å². The number of carboxylic acid groups (broad SMARTS) is 1. The first-order valence-corrected chi connectivity index (χ1v) is 6.03. The van der Waals surface area contributed by atoms with E-state index in [4.69, 9.17) is 0 Å². The van der Waals surface area contributed by atoms with Crippen LogP contribution in [0.2, 0.25) is 0 Å². The van der Waals surface area contributed by atoms with Crippen molar-refractivity contribution in [3.8, 4) is 0 Å². The Bertz CT molecular complexity index is 341. The minimum Gasteiger partial charge on any atom is -0.479 e. The summed E-state index contributed by atoms with van der Waals surface area (Å²) in [6, 6.07) is 3.49. The van der Waals surface area contributed by atoms with Crippen LogP contribution in [0.5, 0.6) is 0 Å². The van der Waals surface area contributed by atoms with Crippen LogP contribution in [-0.2, 0) is 10.4 Å². The van der Waals surface area contributed by atoms with Gasteiger partial charge in [-0.2, -0.15) is 0 Å². The maximum absolute atomic E-state index is 11.3. The molecule has 1 aliphatic rings. The van der Waals surface area contributed by atoms with Crippen LogP contribution in [0.3, 0.4) is 0 Å². The average molecular weight is 226 g/mol. The quantitative estimate of drug-likeness (QED) is 0.830. The van der Waals surface area contributed by atoms with Crippen molar-refractivity contribution in [2.24, 2.45) is 5.92 Å². The van der Waals surface area contributed by atoms with Crippen LogP contribution in [0.4, 0.5) is 0 Å². The van der Waals surface area contributed by atoms with E-state index in [-0.39, 0.29) is 5.92 Å². The molecule has 1 aliphatic carbocycles. The number of carbonyl (C=O) groups is 1. The molecule has 1 aromatic heterocycles. The van der Waals surface area contributed by atoms with E-state index in [0.29, 0.717) is 4.88 Å². The van der Waals surface area contributed by atoms with Gasteiger partial charge in [0, 0.05) is 10.8 Å². The molecule has 0 saturated heterocycles. The van der Waals surface area contributed by atoms with Gasteiger partial charge in [0.1, 0.15) is 0 Å². The van der Waals surface area contributed by atoms with Crippen LogP contribution in [-0.4, -0.2) is 16.2 Å². The first-order chi connectivity index (χ1) is 7.15. The third-order valence-electron chi connectivity index (χ3n) is 3.17. The third kappa shape index (κ3) is 1.68. The second kappa shape index (κ2) is 3.94. The molecule has 1 saturated carbocycles. The predicted molar refractivity (Wildman–Crippen MR) is 57.8 cm³/mol. The SMILES string of the molecule is O=C(O)[C@@](O)(c1cccs1)C1CCCC1. The Labute approximate surface area is 92.4 Å². The summed E-state index contributed by atoms with van der Waals surface area (Å²) >= 11 is 1.31. The van der Waals surface area contributed by atoms with Crippen molar-refractivity contribution < 1.29 is 15.0 Å². The highest BCUT2D eigenvalue weighted by Crippen LogP contribution is 2.42. The molecule has 0 bridgehead atoms. The van der Waals surface area contributed by atoms with Crippen molar-refractivity contribution >= 4 is 17.3 Å². The third-order valence-corrected chi connectivity index (χ3v) is 4.16. The van der Waals surface area contributed by atoms with Crippen LogP contribution in [0.25, 0.3) is 0 Å². The van der Waals surface area contributed by atoms with Crippen LogP contribution in [0.1, 0.15) is 30.6 Å². The molecule has 1 atom stereocenters. The normalized spacial score (nSPS) is 21.4. The molecule has 0 aliphatic heterocycles. The largest absolute Gasteiger partial charge is 0.479 e. The Morgan fingerprint density at radius 2 is 2.13 bits per heavy atom. The van der Waals surface area contributed by atoms with Gasteiger partial charge in [-0.3, -0.25) is 0 Å². The Morgan fingerprint density at radius 1 is 1.47 bits per heavy atom. The highest BCUT2D eigenvalue weighted by atomic mass is 32.1. The maximum atomic E-state index is 11.3. The molecule has 82 valence electrons. The summed E-state index contributed by atoms with van der Waals surface area (Å²) < 4.78 is 0. The van der Waals surface area contributed by atoms with Crippen molar-refractivity contribution in [2.45, 2.75) is 31.3 Å². The topological polar surface area (TPSA) is 57.5 Å². The zero-order chi connectivity index (χ0) is 10.9. The van der Waals surface area contributed by atoms with Gasteiger partial charge in [-0.05, 0) is 24.3 Å². The van der Waals surface area contributed by atoms with Crippen LogP contribution < -0.4 is 0 Å². The lowest BCUT2D eigenvalue weighted by Gasteiger charge is -2.28. The van der Waals surface area contributed by atoms with E-state index < -0.39 is 11.6 Å². The summed E-state index contributed by atoms with van der Waals surface area (Å²) in [4.78, 5) is 11.8. The molecule has 0 spiro atoms. The highest BCUT2D eigenvalue weighted by molar-refractivity contribution is 7.10. The summed E-state index contributed by atoms with van der Waals surface area (Å²) in [5.41, 5.74) is -1.66. The van der Waals surface area contributed by atoms with Gasteiger partial charge in [-0.15, -0.1) is 11.3 Å². The molecule has 0 unspecified atom stereocenters. The summed E-state index contributed by atoms with van der Waals surface area (Å²) in [5, 5.41) is 21.4. The van der Waals surface area contributed by atoms with E-state index in [9.17, 15) is 15.0 Å². The van der Waals surface area contributed by atoms with E-state index in [1.54, 1.807) is 17.5 Å². The number of rotatable bonds is 3. The van der Waals surface area contributed by atoms with Gasteiger partial charge in [0.2, 0.25) is 0 Å². The molecular weight excluding hydrogens is 212 g/mol. The molecule has 1 aromatic rings. The first-order valence-electron chi connectivity index (χ1n) is 5.15. The van der Waals surface area contributed by atoms with Crippen molar-refractivity contribution in [3.63, 3.8) is 0 Å². The number of hydrogen-bond donors (Lipinski definition) is 2. The van der Waals surface area contributed by atoms with Crippen molar-refractivity contribution in [1.82, 2.24) is 0 Å². The Morgan fingerprint density at radius 3 is 2.60 bits per heavy atom. The number of thiophene rings is 1. The minimum atomic E-state index is -1.66. The first kappa shape index (κ1) is 10.6. The molecule has 1 fully saturated rings. The van der Waals surface area contributed by atoms with Gasteiger partial charge in [0.25, 0.3) is 0 Å². The number of carboxylic acids is 1. The van der Waals surface area contributed by atoms with E-state index in [1.807, 2.05) is 0 Å². The fourth-order valence-corrected chi connectivity index (χ4v) is 3.21. The molecule has 3 nitrogen and oxygen atoms in total. The standard InChI is InChI=1S/C11H14O3S/c12-10(13)11(14,8-4-1-2-5-8)9-6-3-7-15-9/h3,6-8,14H,1-2,4-5H2,(H,12,13)/t11-/m0/s1. The molecule has 0 aromatic carbocycles. The molecule has 2 rings (SSSR count). The fraction of sp³-hybridized carbons (Fsp3) is 0.545. The van der Waals surface area contributed by atoms with Gasteiger partial charge in [-0.25, -0.2) is 4.79 Å². The van der Waals surface area contributed by atoms with Crippen molar-refractivity contribution in [2.75, 3.05) is 0 Å². The van der Waals surface area contributed by atoms with Gasteiger partial charge in [0.05, 0.1) is 0 Å². The van der Waals surface area contributed by atoms with Gasteiger partial charge < -0.3 is 10.2 Å². The fourth-order valence-electron chi connectivity index (χ4n) is 2.32. The van der Waals surface area contributed by atoms with Crippen LogP contribution in [0.15, 0.2) is 17.5 Å². The second-order valence-electron chi connectivity index (χ2n) is 4.03. The summed E-state index contributed by atoms with van der Waals surface area (Å²) in [5.74, 6) is -1.24. The monoisotopic (exact) mass is 226 g/mol. The lowest BCUT2D eigenvalue weighted by molar-refractivity contribution is -0.166. The number of aliphatic hydroxyl groups is 1. The summed E-state index contributed by atoms with van der Waals surface area (Å²) in [6.07, 6.45) is 3.65. The van der Waals surface area contributed by atoms with Gasteiger partial charge in [0.15, 0.2) is 5.60 Å². The van der Waals surface area contributed by atoms with Crippen LogP contribution >= 0.6 is 11.3 Å². The number of hydrogen-bond acceptors (Lipinski definition) is 3. The summed E-state index contributed by atoms with van der Waals surface area (Å²) in [7, 11) is 0. The molecule has 15 heavy (non-hydrogen) atoms. The van der Waals surface area contributed by atoms with E-state index in [0.717, 1.165) is 25.7 Å². The van der Waals surface area contributed by atoms with E-state index in [2.05, 4.69) is 0 Å². The number of aliphatic carboxylic acids is 1. The minimum absolute atomic E-state index is 0.131. The van der Waals surface area contributed by atoms with E-state index >= 15 is 0 Å². The van der Waals surface area contributed by atoms with Crippen molar-refractivity contribution in [3.05, 3.63) is 22.4 Å². The highest BCUT2D eigenvalue weighted by Gasteiger charge is 2.47. The Hall–Kier alpha value is -0.870. The van der Waals surface area contributed by atoms with Crippen LogP contribution in [0, 0.1) is 5.92 Å². The van der Waals surface area contributed by atoms with E-state index in [1.165, 1.54) is 11.3 Å². The molecule has 4 heteroatoms. The molecular formula is C11H14O3S. The lowest BCUT2D eigenvalue weighted by atomic mass is 9.85. The average Bonchev–Trinajstić information content (AvgIpc) is 2.89. The smallest absolute Gasteiger partial charge is 0.341 e. The molecule has 0 radical (unpaired) electrons. The maximum Gasteiger partial charge on any atom is 0.341 e. The second-order valence-corrected chi connectivity index (χ2v) is 4.98.